The molecule has 1 aliphatic carbocycles. The van der Waals surface area contributed by atoms with Gasteiger partial charge in [0.25, 0.3) is 0 Å². The van der Waals surface area contributed by atoms with Gasteiger partial charge in [-0.2, -0.15) is 0 Å². The zero-order chi connectivity index (χ0) is 28.9. The highest BCUT2D eigenvalue weighted by atomic mass is 32.1. The van der Waals surface area contributed by atoms with Crippen LogP contribution in [0.15, 0.2) is 67.1 Å². The third kappa shape index (κ3) is 6.52. The molecule has 1 aromatic carbocycles. The van der Waals surface area contributed by atoms with Crippen molar-refractivity contribution in [2.75, 3.05) is 23.7 Å². The molecular weight excluding hydrogens is 540 g/mol. The second-order valence-corrected chi connectivity index (χ2v) is 12.8. The number of hydrogen-bond donors (Lipinski definition) is 2. The molecule has 0 atom stereocenters. The Morgan fingerprint density at radius 3 is 2.50 bits per heavy atom. The fourth-order valence-corrected chi connectivity index (χ4v) is 7.07. The smallest absolute Gasteiger partial charge is 0.223 e. The van der Waals surface area contributed by atoms with Crippen LogP contribution in [-0.4, -0.2) is 49.0 Å². The molecule has 2 fully saturated rings. The van der Waals surface area contributed by atoms with Crippen molar-refractivity contribution in [1.29, 1.82) is 0 Å². The number of rotatable bonds is 9. The third-order valence-electron chi connectivity index (χ3n) is 8.73. The number of nitrogens with one attached hydrogen (secondary N) is 2. The number of allylic oxidation sites excluding steroid dienone is 1. The van der Waals surface area contributed by atoms with Gasteiger partial charge < -0.3 is 10.6 Å². The first-order valence-corrected chi connectivity index (χ1v) is 15.9. The molecule has 218 valence electrons. The van der Waals surface area contributed by atoms with Gasteiger partial charge in [-0.1, -0.05) is 73.1 Å². The Labute approximate surface area is 252 Å². The van der Waals surface area contributed by atoms with Crippen molar-refractivity contribution in [1.82, 2.24) is 29.8 Å². The molecule has 3 aromatic heterocycles. The van der Waals surface area contributed by atoms with Crippen LogP contribution in [-0.2, 0) is 12.0 Å². The van der Waals surface area contributed by atoms with E-state index < -0.39 is 0 Å². The van der Waals surface area contributed by atoms with Crippen LogP contribution in [0.4, 0.5) is 16.9 Å². The van der Waals surface area contributed by atoms with Gasteiger partial charge in [0.1, 0.15) is 0 Å². The van der Waals surface area contributed by atoms with Crippen LogP contribution in [0.5, 0.6) is 0 Å². The first kappa shape index (κ1) is 28.4. The Bertz CT molecular complexity index is 1490. The summed E-state index contributed by atoms with van der Waals surface area (Å²) in [4.78, 5) is 26.8. The van der Waals surface area contributed by atoms with Crippen molar-refractivity contribution >= 4 is 28.2 Å². The van der Waals surface area contributed by atoms with Crippen LogP contribution >= 0.6 is 11.3 Å². The fraction of sp³-hybridized carbons (Fsp3) is 0.424. The highest BCUT2D eigenvalue weighted by Crippen LogP contribution is 2.41. The summed E-state index contributed by atoms with van der Waals surface area (Å²) in [6, 6.07) is 13.3. The molecular formula is C33H40N8S. The van der Waals surface area contributed by atoms with Gasteiger partial charge in [-0.3, -0.25) is 9.88 Å². The number of piperidine rings is 1. The summed E-state index contributed by atoms with van der Waals surface area (Å²) in [6.07, 6.45) is 13.9. The molecule has 2 aliphatic rings. The van der Waals surface area contributed by atoms with Gasteiger partial charge >= 0.3 is 0 Å². The lowest BCUT2D eigenvalue weighted by Crippen LogP contribution is -2.43. The van der Waals surface area contributed by atoms with Crippen molar-refractivity contribution in [3.63, 3.8) is 0 Å². The first-order chi connectivity index (χ1) is 20.5. The molecule has 4 heterocycles. The topological polar surface area (TPSA) is 91.8 Å². The summed E-state index contributed by atoms with van der Waals surface area (Å²) in [6.45, 7) is 11.4. The van der Waals surface area contributed by atoms with Crippen LogP contribution in [0.1, 0.15) is 68.8 Å². The summed E-state index contributed by atoms with van der Waals surface area (Å²) < 4.78 is 0. The summed E-state index contributed by atoms with van der Waals surface area (Å²) >= 11 is 1.55. The van der Waals surface area contributed by atoms with Crippen molar-refractivity contribution in [3.8, 4) is 10.6 Å². The highest BCUT2D eigenvalue weighted by molar-refractivity contribution is 7.18. The predicted octanol–water partition coefficient (Wildman–Crippen LogP) is 7.30. The molecule has 0 bridgehead atoms. The molecule has 1 saturated heterocycles. The van der Waals surface area contributed by atoms with Gasteiger partial charge in [-0.05, 0) is 64.3 Å². The average molecular weight is 581 g/mol. The molecule has 4 aromatic rings. The van der Waals surface area contributed by atoms with Crippen LogP contribution in [0.25, 0.3) is 10.6 Å². The van der Waals surface area contributed by atoms with E-state index in [1.165, 1.54) is 43.2 Å². The molecule has 0 unspecified atom stereocenters. The van der Waals surface area contributed by atoms with E-state index in [1.54, 1.807) is 17.5 Å². The quantitative estimate of drug-likeness (QED) is 0.199. The number of benzene rings is 1. The van der Waals surface area contributed by atoms with Gasteiger partial charge in [-0.25, -0.2) is 19.9 Å². The Morgan fingerprint density at radius 2 is 1.79 bits per heavy atom. The zero-order valence-corrected chi connectivity index (χ0v) is 25.5. The number of anilines is 3. The number of aromatic nitrogens is 5. The maximum Gasteiger partial charge on any atom is 0.223 e. The van der Waals surface area contributed by atoms with Crippen LogP contribution < -0.4 is 10.6 Å². The lowest BCUT2D eigenvalue weighted by atomic mass is 9.68. The van der Waals surface area contributed by atoms with E-state index in [4.69, 9.17) is 9.97 Å². The summed E-state index contributed by atoms with van der Waals surface area (Å²) in [5.74, 6) is 1.39. The Hall–Kier alpha value is -3.69. The maximum absolute atomic E-state index is 4.80. The monoisotopic (exact) mass is 580 g/mol. The molecule has 0 radical (unpaired) electrons. The van der Waals surface area contributed by atoms with E-state index in [1.807, 2.05) is 25.4 Å². The van der Waals surface area contributed by atoms with Crippen LogP contribution in [0.2, 0.25) is 0 Å². The second-order valence-electron chi connectivity index (χ2n) is 11.7. The standard InChI is InChI=1S/C33H40N8S/c1-23(2)33(25-10-6-4-7-11-25)14-16-41(17-15-33)22-27-19-35-30(21-34-27)40-32-36-20-29(42-32)28-18-24(3)37-31(39-28)38-26-12-8-5-9-13-26/h4,6-7,10-11,18-21,26H,1,5,8-9,12-17,22H2,2-3H3,(H,35,36,40)(H,37,38,39). The van der Waals surface area contributed by atoms with E-state index >= 15 is 0 Å². The minimum Gasteiger partial charge on any atom is -0.351 e. The molecule has 0 amide bonds. The molecule has 1 saturated carbocycles. The molecule has 6 rings (SSSR count). The highest BCUT2D eigenvalue weighted by Gasteiger charge is 2.36. The van der Waals surface area contributed by atoms with E-state index in [-0.39, 0.29) is 5.41 Å². The largest absolute Gasteiger partial charge is 0.351 e. The van der Waals surface area contributed by atoms with Crippen molar-refractivity contribution < 1.29 is 0 Å². The number of nitrogens with zero attached hydrogens (tertiary/aromatic N) is 6. The van der Waals surface area contributed by atoms with Crippen LogP contribution in [0, 0.1) is 6.92 Å². The van der Waals surface area contributed by atoms with Crippen molar-refractivity contribution in [2.45, 2.75) is 76.8 Å². The van der Waals surface area contributed by atoms with E-state index in [9.17, 15) is 0 Å². The van der Waals surface area contributed by atoms with Crippen molar-refractivity contribution in [3.05, 3.63) is 84.1 Å². The molecule has 2 N–H and O–H groups in total. The predicted molar refractivity (Wildman–Crippen MR) is 171 cm³/mol. The van der Waals surface area contributed by atoms with Gasteiger partial charge in [0.05, 0.1) is 28.7 Å². The van der Waals surface area contributed by atoms with E-state index in [2.05, 4.69) is 74.3 Å². The number of likely N-dealkylation sites (tertiary alicyclic amines) is 1. The average Bonchev–Trinajstić information content (AvgIpc) is 3.48. The molecule has 0 spiro atoms. The molecule has 1 aliphatic heterocycles. The minimum absolute atomic E-state index is 0.0573. The third-order valence-corrected chi connectivity index (χ3v) is 9.66. The maximum atomic E-state index is 4.80. The number of hydrogen-bond acceptors (Lipinski definition) is 9. The first-order valence-electron chi connectivity index (χ1n) is 15.1. The summed E-state index contributed by atoms with van der Waals surface area (Å²) in [5.41, 5.74) is 5.49. The number of thiazole rings is 1. The lowest BCUT2D eigenvalue weighted by molar-refractivity contribution is 0.168. The Balaban J connectivity index is 1.05. The van der Waals surface area contributed by atoms with E-state index in [0.717, 1.165) is 59.6 Å². The Morgan fingerprint density at radius 1 is 1.00 bits per heavy atom. The number of aryl methyl sites for hydroxylation is 1. The fourth-order valence-electron chi connectivity index (χ4n) is 6.29. The summed E-state index contributed by atoms with van der Waals surface area (Å²) in [5, 5.41) is 7.62. The summed E-state index contributed by atoms with van der Waals surface area (Å²) in [7, 11) is 0. The molecule has 42 heavy (non-hydrogen) atoms. The van der Waals surface area contributed by atoms with Gasteiger partial charge in [0.15, 0.2) is 10.9 Å². The zero-order valence-electron chi connectivity index (χ0n) is 24.6. The van der Waals surface area contributed by atoms with Crippen molar-refractivity contribution in [2.24, 2.45) is 0 Å². The second kappa shape index (κ2) is 12.7. The molecule has 8 nitrogen and oxygen atoms in total. The van der Waals surface area contributed by atoms with Gasteiger partial charge in [0.2, 0.25) is 5.95 Å². The van der Waals surface area contributed by atoms with Gasteiger partial charge in [0, 0.05) is 29.9 Å². The normalized spacial score (nSPS) is 17.6. The lowest BCUT2D eigenvalue weighted by Gasteiger charge is -2.43. The van der Waals surface area contributed by atoms with Crippen LogP contribution in [0.3, 0.4) is 0 Å². The minimum atomic E-state index is 0.0573. The van der Waals surface area contributed by atoms with Gasteiger partial charge in [-0.15, -0.1) is 0 Å². The SMILES string of the molecule is C=C(C)C1(c2ccccc2)CCN(Cc2cnc(Nc3ncc(-c4cc(C)nc(NC5CCCCC5)n4)s3)cn2)CC1. The Kier molecular flexibility index (Phi) is 8.58. The van der Waals surface area contributed by atoms with E-state index in [0.29, 0.717) is 17.8 Å². The molecule has 9 heteroatoms.